The van der Waals surface area contributed by atoms with E-state index in [9.17, 15) is 9.59 Å². The Kier molecular flexibility index (Phi) is 4.71. The molecule has 1 aliphatic rings. The fraction of sp³-hybridized carbons (Fsp3) is 0.182. The molecule has 8 nitrogen and oxygen atoms in total. The molecule has 1 aliphatic heterocycles. The zero-order valence-electron chi connectivity index (χ0n) is 16.6. The van der Waals surface area contributed by atoms with E-state index in [1.54, 1.807) is 48.4 Å². The normalized spacial score (nSPS) is 14.1. The van der Waals surface area contributed by atoms with Crippen LogP contribution in [0.1, 0.15) is 22.7 Å². The van der Waals surface area contributed by atoms with Crippen molar-refractivity contribution in [3.63, 3.8) is 0 Å². The monoisotopic (exact) mass is 435 g/mol. The Morgan fingerprint density at radius 2 is 2.13 bits per heavy atom. The lowest BCUT2D eigenvalue weighted by Crippen LogP contribution is -2.35. The van der Waals surface area contributed by atoms with Gasteiger partial charge in [0.05, 0.1) is 17.2 Å². The number of hydrogen-bond acceptors (Lipinski definition) is 5. The van der Waals surface area contributed by atoms with Crippen molar-refractivity contribution < 1.29 is 9.21 Å². The number of H-pyrrole nitrogens is 1. The number of rotatable bonds is 3. The molecule has 0 bridgehead atoms. The number of carbonyl (C=O) groups is 1. The molecule has 1 amide bonds. The van der Waals surface area contributed by atoms with Crippen LogP contribution in [-0.4, -0.2) is 43.6 Å². The molecule has 0 radical (unpaired) electrons. The Bertz CT molecular complexity index is 1380. The number of aryl methyl sites for hydroxylation is 1. The van der Waals surface area contributed by atoms with Gasteiger partial charge in [0.1, 0.15) is 11.5 Å². The Labute approximate surface area is 181 Å². The van der Waals surface area contributed by atoms with E-state index in [0.717, 1.165) is 11.2 Å². The minimum Gasteiger partial charge on any atom is -0.463 e. The highest BCUT2D eigenvalue weighted by Gasteiger charge is 2.23. The van der Waals surface area contributed by atoms with Gasteiger partial charge in [-0.25, -0.2) is 0 Å². The molecule has 5 rings (SSSR count). The van der Waals surface area contributed by atoms with Crippen LogP contribution in [-0.2, 0) is 0 Å². The van der Waals surface area contributed by atoms with E-state index in [-0.39, 0.29) is 11.5 Å². The summed E-state index contributed by atoms with van der Waals surface area (Å²) in [6.45, 7) is 2.75. The predicted octanol–water partition coefficient (Wildman–Crippen LogP) is 3.73. The van der Waals surface area contributed by atoms with Crippen LogP contribution < -0.4 is 5.56 Å². The molecule has 0 saturated carbocycles. The van der Waals surface area contributed by atoms with E-state index in [4.69, 9.17) is 16.0 Å². The van der Waals surface area contributed by atoms with E-state index in [2.05, 4.69) is 15.2 Å². The fourth-order valence-corrected chi connectivity index (χ4v) is 4.04. The summed E-state index contributed by atoms with van der Waals surface area (Å²) in [4.78, 5) is 31.1. The summed E-state index contributed by atoms with van der Waals surface area (Å²) in [5.41, 5.74) is 2.43. The summed E-state index contributed by atoms with van der Waals surface area (Å²) in [5, 5.41) is 7.94. The maximum atomic E-state index is 12.9. The maximum absolute atomic E-state index is 12.9. The Hall–Kier alpha value is -3.65. The van der Waals surface area contributed by atoms with Crippen LogP contribution in [0.5, 0.6) is 0 Å². The van der Waals surface area contributed by atoms with Crippen molar-refractivity contribution >= 4 is 34.1 Å². The minimum atomic E-state index is -0.301. The van der Waals surface area contributed by atoms with Crippen LogP contribution in [0, 0.1) is 6.92 Å². The molecule has 1 aromatic carbocycles. The molecule has 4 aromatic rings. The van der Waals surface area contributed by atoms with Crippen molar-refractivity contribution in [1.82, 2.24) is 24.6 Å². The summed E-state index contributed by atoms with van der Waals surface area (Å²) in [7, 11) is 0. The van der Waals surface area contributed by atoms with Crippen molar-refractivity contribution in [3.8, 4) is 11.5 Å². The number of halogens is 1. The third-order valence-corrected chi connectivity index (χ3v) is 5.60. The van der Waals surface area contributed by atoms with Gasteiger partial charge in [-0.3, -0.25) is 14.7 Å². The van der Waals surface area contributed by atoms with Crippen LogP contribution in [0.3, 0.4) is 0 Å². The van der Waals surface area contributed by atoms with Crippen LogP contribution in [0.25, 0.3) is 28.1 Å². The maximum Gasteiger partial charge on any atom is 0.280 e. The molecule has 1 N–H and O–H groups in total. The molecule has 0 aliphatic carbocycles. The van der Waals surface area contributed by atoms with Gasteiger partial charge in [-0.15, -0.1) is 0 Å². The van der Waals surface area contributed by atoms with Crippen LogP contribution in [0.2, 0.25) is 5.02 Å². The number of fused-ring (bicyclic) bond motifs is 1. The number of benzene rings is 1. The highest BCUT2D eigenvalue weighted by Crippen LogP contribution is 2.25. The van der Waals surface area contributed by atoms with E-state index in [1.807, 2.05) is 16.7 Å². The average molecular weight is 436 g/mol. The molecule has 9 heteroatoms. The van der Waals surface area contributed by atoms with E-state index in [0.29, 0.717) is 52.9 Å². The molecular weight excluding hydrogens is 418 g/mol. The third-order valence-electron chi connectivity index (χ3n) is 5.36. The topological polar surface area (TPSA) is 97.0 Å². The average Bonchev–Trinajstić information content (AvgIpc) is 3.46. The minimum absolute atomic E-state index is 0.157. The Morgan fingerprint density at radius 1 is 1.26 bits per heavy atom. The number of nitrogens with one attached hydrogen (secondary N) is 1. The zero-order valence-corrected chi connectivity index (χ0v) is 17.4. The second kappa shape index (κ2) is 7.55. The summed E-state index contributed by atoms with van der Waals surface area (Å²) in [6.07, 6.45) is 4.17. The van der Waals surface area contributed by atoms with E-state index >= 15 is 0 Å². The zero-order chi connectivity index (χ0) is 21.5. The number of hydrogen-bond donors (Lipinski definition) is 1. The molecular formula is C22H18ClN5O3. The molecule has 156 valence electrons. The standard InChI is InChI=1S/C22H18ClN5O3/c1-13-24-21(29)16-11-14(23)4-5-19(16)28(13)15-6-8-27(9-7-15)22(30)18-12-17(25-26-18)20-3-2-10-31-20/h2-6,10-12H,7-9H2,1H3,(H,25,26). The first-order valence-electron chi connectivity index (χ1n) is 9.78. The molecule has 4 heterocycles. The van der Waals surface area contributed by atoms with Gasteiger partial charge in [0.2, 0.25) is 0 Å². The Morgan fingerprint density at radius 3 is 2.87 bits per heavy atom. The number of aromatic amines is 1. The van der Waals surface area contributed by atoms with Gasteiger partial charge in [0, 0.05) is 36.3 Å². The lowest BCUT2D eigenvalue weighted by atomic mass is 10.1. The van der Waals surface area contributed by atoms with Gasteiger partial charge in [0.15, 0.2) is 11.5 Å². The number of nitrogens with zero attached hydrogens (tertiary/aromatic N) is 4. The number of furan rings is 1. The van der Waals surface area contributed by atoms with Crippen molar-refractivity contribution in [2.45, 2.75) is 13.3 Å². The third kappa shape index (κ3) is 3.44. The van der Waals surface area contributed by atoms with E-state index < -0.39 is 0 Å². The van der Waals surface area contributed by atoms with Crippen molar-refractivity contribution in [2.24, 2.45) is 0 Å². The van der Waals surface area contributed by atoms with Crippen molar-refractivity contribution in [1.29, 1.82) is 0 Å². The summed E-state index contributed by atoms with van der Waals surface area (Å²) in [6, 6.07) is 10.5. The summed E-state index contributed by atoms with van der Waals surface area (Å²) in [5.74, 6) is 1.07. The number of aromatic nitrogens is 4. The molecule has 0 spiro atoms. The van der Waals surface area contributed by atoms with Crippen molar-refractivity contribution in [2.75, 3.05) is 13.1 Å². The first-order valence-corrected chi connectivity index (χ1v) is 10.2. The van der Waals surface area contributed by atoms with Crippen LogP contribution in [0.4, 0.5) is 0 Å². The molecule has 3 aromatic heterocycles. The fourth-order valence-electron chi connectivity index (χ4n) is 3.87. The van der Waals surface area contributed by atoms with Gasteiger partial charge < -0.3 is 13.9 Å². The first-order chi connectivity index (χ1) is 15.0. The van der Waals surface area contributed by atoms with Crippen LogP contribution in [0.15, 0.2) is 57.9 Å². The van der Waals surface area contributed by atoms with Crippen LogP contribution >= 0.6 is 11.6 Å². The quantitative estimate of drug-likeness (QED) is 0.528. The largest absolute Gasteiger partial charge is 0.463 e. The lowest BCUT2D eigenvalue weighted by Gasteiger charge is -2.28. The van der Waals surface area contributed by atoms with E-state index in [1.165, 1.54) is 0 Å². The van der Waals surface area contributed by atoms with Gasteiger partial charge in [-0.1, -0.05) is 11.6 Å². The Balaban J connectivity index is 1.42. The summed E-state index contributed by atoms with van der Waals surface area (Å²) < 4.78 is 7.30. The number of amides is 1. The second-order valence-electron chi connectivity index (χ2n) is 7.30. The molecule has 0 unspecified atom stereocenters. The molecule has 31 heavy (non-hydrogen) atoms. The lowest BCUT2D eigenvalue weighted by molar-refractivity contribution is 0.0766. The highest BCUT2D eigenvalue weighted by molar-refractivity contribution is 6.31. The molecule has 0 atom stereocenters. The van der Waals surface area contributed by atoms with Gasteiger partial charge in [0.25, 0.3) is 11.5 Å². The smallest absolute Gasteiger partial charge is 0.280 e. The van der Waals surface area contributed by atoms with Gasteiger partial charge >= 0.3 is 0 Å². The first kappa shape index (κ1) is 19.3. The molecule has 0 saturated heterocycles. The second-order valence-corrected chi connectivity index (χ2v) is 7.74. The predicted molar refractivity (Wildman–Crippen MR) is 117 cm³/mol. The number of carbonyl (C=O) groups excluding carboxylic acids is 1. The highest BCUT2D eigenvalue weighted by atomic mass is 35.5. The summed E-state index contributed by atoms with van der Waals surface area (Å²) >= 11 is 6.07. The molecule has 0 fully saturated rings. The van der Waals surface area contributed by atoms with Crippen molar-refractivity contribution in [3.05, 3.63) is 75.6 Å². The SMILES string of the molecule is Cc1nc(=O)c2cc(Cl)ccc2n1C1=CCN(C(=O)c2cc(-c3ccco3)[nH]n2)CC1. The van der Waals surface area contributed by atoms with Gasteiger partial charge in [-0.2, -0.15) is 10.1 Å². The van der Waals surface area contributed by atoms with Gasteiger partial charge in [-0.05, 0) is 43.3 Å².